The Hall–Kier alpha value is -2.11. The molecular formula is C22H27ClN2O3. The summed E-state index contributed by atoms with van der Waals surface area (Å²) in [4.78, 5) is 17.2. The molecule has 150 valence electrons. The van der Waals surface area contributed by atoms with E-state index >= 15 is 0 Å². The normalized spacial score (nSPS) is 19.5. The minimum Gasteiger partial charge on any atom is -0.477 e. The Labute approximate surface area is 171 Å². The van der Waals surface area contributed by atoms with Gasteiger partial charge in [-0.25, -0.2) is 4.98 Å². The van der Waals surface area contributed by atoms with Crippen LogP contribution in [-0.2, 0) is 0 Å². The third-order valence-corrected chi connectivity index (χ3v) is 5.12. The fourth-order valence-electron chi connectivity index (χ4n) is 3.30. The lowest BCUT2D eigenvalue weighted by molar-refractivity contribution is 0.0717. The summed E-state index contributed by atoms with van der Waals surface area (Å²) in [6.45, 7) is 4.67. The van der Waals surface area contributed by atoms with E-state index in [4.69, 9.17) is 16.3 Å². The number of hydrogen-bond acceptors (Lipinski definition) is 4. The molecule has 2 aromatic rings. The molecule has 3 rings (SSSR count). The lowest BCUT2D eigenvalue weighted by Gasteiger charge is -2.28. The Balaban J connectivity index is 1.86. The predicted octanol–water partition coefficient (Wildman–Crippen LogP) is 4.47. The Morgan fingerprint density at radius 3 is 2.68 bits per heavy atom. The molecule has 0 aliphatic heterocycles. The Bertz CT molecular complexity index is 808. The SMILES string of the molecule is CC(C)COc1ncc(C(=O)N[C@@H]2CCCC[C@H]2O)cc1-c1ccc(Cl)cc1. The van der Waals surface area contributed by atoms with Gasteiger partial charge in [0.05, 0.1) is 24.3 Å². The van der Waals surface area contributed by atoms with Crippen LogP contribution < -0.4 is 10.1 Å². The fraction of sp³-hybridized carbons (Fsp3) is 0.455. The van der Waals surface area contributed by atoms with Gasteiger partial charge < -0.3 is 15.2 Å². The molecule has 1 aromatic heterocycles. The van der Waals surface area contributed by atoms with Gasteiger partial charge in [0.15, 0.2) is 0 Å². The summed E-state index contributed by atoms with van der Waals surface area (Å²) in [5.41, 5.74) is 2.07. The number of nitrogens with one attached hydrogen (secondary N) is 1. The van der Waals surface area contributed by atoms with Crippen molar-refractivity contribution in [1.82, 2.24) is 10.3 Å². The molecule has 1 amide bonds. The van der Waals surface area contributed by atoms with Crippen LogP contribution in [0.3, 0.4) is 0 Å². The summed E-state index contributed by atoms with van der Waals surface area (Å²) in [7, 11) is 0. The molecule has 1 heterocycles. The zero-order valence-electron chi connectivity index (χ0n) is 16.3. The van der Waals surface area contributed by atoms with Gasteiger partial charge >= 0.3 is 0 Å². The van der Waals surface area contributed by atoms with E-state index in [-0.39, 0.29) is 11.9 Å². The summed E-state index contributed by atoms with van der Waals surface area (Å²) in [5, 5.41) is 13.7. The molecule has 0 spiro atoms. The minimum absolute atomic E-state index is 0.211. The Morgan fingerprint density at radius 2 is 2.00 bits per heavy atom. The molecule has 0 unspecified atom stereocenters. The van der Waals surface area contributed by atoms with Crippen LogP contribution >= 0.6 is 11.6 Å². The maximum absolute atomic E-state index is 12.7. The van der Waals surface area contributed by atoms with Crippen molar-refractivity contribution in [2.45, 2.75) is 51.7 Å². The Morgan fingerprint density at radius 1 is 1.29 bits per heavy atom. The third-order valence-electron chi connectivity index (χ3n) is 4.87. The number of halogens is 1. The highest BCUT2D eigenvalue weighted by Gasteiger charge is 2.25. The zero-order chi connectivity index (χ0) is 20.1. The molecule has 1 fully saturated rings. The zero-order valence-corrected chi connectivity index (χ0v) is 17.1. The van der Waals surface area contributed by atoms with Crippen LogP contribution in [0.2, 0.25) is 5.02 Å². The van der Waals surface area contributed by atoms with Gasteiger partial charge in [-0.05, 0) is 42.5 Å². The average molecular weight is 403 g/mol. The smallest absolute Gasteiger partial charge is 0.253 e. The second-order valence-corrected chi connectivity index (χ2v) is 8.16. The molecule has 28 heavy (non-hydrogen) atoms. The van der Waals surface area contributed by atoms with E-state index in [0.29, 0.717) is 29.0 Å². The number of pyridine rings is 1. The second-order valence-electron chi connectivity index (χ2n) is 7.72. The van der Waals surface area contributed by atoms with Gasteiger partial charge in [-0.15, -0.1) is 0 Å². The summed E-state index contributed by atoms with van der Waals surface area (Å²) in [5.74, 6) is 0.616. The summed E-state index contributed by atoms with van der Waals surface area (Å²) < 4.78 is 5.87. The number of aliphatic hydroxyl groups is 1. The largest absolute Gasteiger partial charge is 0.477 e. The first kappa shape index (κ1) is 20.6. The maximum atomic E-state index is 12.7. The van der Waals surface area contributed by atoms with Gasteiger partial charge in [-0.3, -0.25) is 4.79 Å². The van der Waals surface area contributed by atoms with Crippen molar-refractivity contribution in [2.24, 2.45) is 5.92 Å². The topological polar surface area (TPSA) is 71.5 Å². The van der Waals surface area contributed by atoms with Crippen molar-refractivity contribution in [3.63, 3.8) is 0 Å². The molecule has 1 aromatic carbocycles. The first-order chi connectivity index (χ1) is 13.4. The van der Waals surface area contributed by atoms with Crippen LogP contribution in [0.25, 0.3) is 11.1 Å². The number of hydrogen-bond donors (Lipinski definition) is 2. The maximum Gasteiger partial charge on any atom is 0.253 e. The van der Waals surface area contributed by atoms with Crippen molar-refractivity contribution in [3.8, 4) is 17.0 Å². The van der Waals surface area contributed by atoms with E-state index in [0.717, 1.165) is 36.8 Å². The number of amides is 1. The molecule has 0 saturated heterocycles. The number of benzene rings is 1. The highest BCUT2D eigenvalue weighted by atomic mass is 35.5. The number of ether oxygens (including phenoxy) is 1. The molecule has 1 aliphatic carbocycles. The quantitative estimate of drug-likeness (QED) is 0.747. The molecule has 2 N–H and O–H groups in total. The monoisotopic (exact) mass is 402 g/mol. The number of aliphatic hydroxyl groups excluding tert-OH is 1. The number of rotatable bonds is 6. The van der Waals surface area contributed by atoms with Crippen LogP contribution in [-0.4, -0.2) is 34.8 Å². The van der Waals surface area contributed by atoms with Crippen molar-refractivity contribution < 1.29 is 14.6 Å². The van der Waals surface area contributed by atoms with Gasteiger partial charge in [0.25, 0.3) is 5.91 Å². The molecule has 0 radical (unpaired) electrons. The van der Waals surface area contributed by atoms with Gasteiger partial charge in [0.2, 0.25) is 5.88 Å². The van der Waals surface area contributed by atoms with Gasteiger partial charge in [0.1, 0.15) is 0 Å². The van der Waals surface area contributed by atoms with E-state index < -0.39 is 6.10 Å². The van der Waals surface area contributed by atoms with E-state index in [1.807, 2.05) is 12.1 Å². The number of carbonyl (C=O) groups excluding carboxylic acids is 1. The van der Waals surface area contributed by atoms with Crippen molar-refractivity contribution in [1.29, 1.82) is 0 Å². The second kappa shape index (κ2) is 9.39. The van der Waals surface area contributed by atoms with Crippen LogP contribution in [0.4, 0.5) is 0 Å². The number of carbonyl (C=O) groups is 1. The van der Waals surface area contributed by atoms with E-state index in [1.165, 1.54) is 6.20 Å². The van der Waals surface area contributed by atoms with Crippen molar-refractivity contribution >= 4 is 17.5 Å². The van der Waals surface area contributed by atoms with E-state index in [9.17, 15) is 9.90 Å². The fourth-order valence-corrected chi connectivity index (χ4v) is 3.43. The number of nitrogens with zero attached hydrogens (tertiary/aromatic N) is 1. The number of aromatic nitrogens is 1. The highest BCUT2D eigenvalue weighted by molar-refractivity contribution is 6.30. The molecule has 0 bridgehead atoms. The first-order valence-electron chi connectivity index (χ1n) is 9.81. The van der Waals surface area contributed by atoms with E-state index in [1.54, 1.807) is 18.2 Å². The first-order valence-corrected chi connectivity index (χ1v) is 10.2. The Kier molecular flexibility index (Phi) is 6.92. The molecule has 1 aliphatic rings. The van der Waals surface area contributed by atoms with Gasteiger partial charge in [-0.2, -0.15) is 0 Å². The summed E-state index contributed by atoms with van der Waals surface area (Å²) in [6.07, 6.45) is 4.56. The molecule has 1 saturated carbocycles. The molecule has 5 nitrogen and oxygen atoms in total. The van der Waals surface area contributed by atoms with Gasteiger partial charge in [0, 0.05) is 16.8 Å². The molecular weight excluding hydrogens is 376 g/mol. The lowest BCUT2D eigenvalue weighted by atomic mass is 9.92. The average Bonchev–Trinajstić information content (AvgIpc) is 2.68. The van der Waals surface area contributed by atoms with Crippen LogP contribution in [0.5, 0.6) is 5.88 Å². The summed E-state index contributed by atoms with van der Waals surface area (Å²) in [6, 6.07) is 8.94. The van der Waals surface area contributed by atoms with Crippen molar-refractivity contribution in [2.75, 3.05) is 6.61 Å². The van der Waals surface area contributed by atoms with Crippen LogP contribution in [0.15, 0.2) is 36.5 Å². The predicted molar refractivity (Wildman–Crippen MR) is 111 cm³/mol. The highest BCUT2D eigenvalue weighted by Crippen LogP contribution is 2.30. The van der Waals surface area contributed by atoms with Crippen LogP contribution in [0, 0.1) is 5.92 Å². The van der Waals surface area contributed by atoms with E-state index in [2.05, 4.69) is 24.1 Å². The minimum atomic E-state index is -0.491. The molecule has 6 heteroatoms. The van der Waals surface area contributed by atoms with Crippen molar-refractivity contribution in [3.05, 3.63) is 47.1 Å². The lowest BCUT2D eigenvalue weighted by Crippen LogP contribution is -2.45. The summed E-state index contributed by atoms with van der Waals surface area (Å²) >= 11 is 6.01. The third kappa shape index (κ3) is 5.24. The van der Waals surface area contributed by atoms with Crippen LogP contribution in [0.1, 0.15) is 49.9 Å². The van der Waals surface area contributed by atoms with Gasteiger partial charge in [-0.1, -0.05) is 50.4 Å². The standard InChI is InChI=1S/C22H27ClN2O3/c1-14(2)13-28-22-18(15-7-9-17(23)10-8-15)11-16(12-24-22)21(27)25-19-5-3-4-6-20(19)26/h7-12,14,19-20,26H,3-6,13H2,1-2H3,(H,25,27)/t19-,20-/m1/s1. The molecule has 2 atom stereocenters.